The summed E-state index contributed by atoms with van der Waals surface area (Å²) in [5, 5.41) is 0. The molecule has 2 heterocycles. The smallest absolute Gasteiger partial charge is 0.283 e. The molecule has 2 N–H and O–H groups in total. The summed E-state index contributed by atoms with van der Waals surface area (Å²) in [5.74, 6) is -0.459. The fourth-order valence-electron chi connectivity index (χ4n) is 5.35. The third kappa shape index (κ3) is 6.89. The van der Waals surface area contributed by atoms with Gasteiger partial charge in [0.2, 0.25) is 5.88 Å². The van der Waals surface area contributed by atoms with Crippen LogP contribution >= 0.6 is 0 Å². The molecule has 1 unspecified atom stereocenters. The van der Waals surface area contributed by atoms with Crippen LogP contribution in [0.15, 0.2) is 121 Å². The Morgan fingerprint density at radius 2 is 1.29 bits per heavy atom. The summed E-state index contributed by atoms with van der Waals surface area (Å²) < 4.78 is 80.1. The van der Waals surface area contributed by atoms with Gasteiger partial charge in [0, 0.05) is 6.08 Å². The molecule has 0 fully saturated rings. The van der Waals surface area contributed by atoms with Crippen LogP contribution in [-0.4, -0.2) is 43.9 Å². The molecule has 0 aromatic heterocycles. The Labute approximate surface area is 262 Å². The summed E-state index contributed by atoms with van der Waals surface area (Å²) in [7, 11) is -8.90. The third-order valence-corrected chi connectivity index (χ3v) is 8.62. The van der Waals surface area contributed by atoms with E-state index in [1.165, 1.54) is 9.80 Å². The first-order valence-corrected chi connectivity index (χ1v) is 17.3. The molecule has 4 aromatic rings. The van der Waals surface area contributed by atoms with E-state index in [0.717, 1.165) is 22.3 Å². The molecule has 10 nitrogen and oxygen atoms in total. The van der Waals surface area contributed by atoms with Crippen LogP contribution in [0.25, 0.3) is 22.3 Å². The molecule has 232 valence electrons. The van der Waals surface area contributed by atoms with Gasteiger partial charge in [-0.05, 0) is 64.6 Å². The van der Waals surface area contributed by atoms with Crippen LogP contribution in [0.5, 0.6) is 11.5 Å². The van der Waals surface area contributed by atoms with E-state index in [1.807, 2.05) is 85.8 Å². The van der Waals surface area contributed by atoms with Gasteiger partial charge in [-0.1, -0.05) is 79.7 Å². The highest BCUT2D eigenvalue weighted by Gasteiger charge is 2.34. The maximum absolute atomic E-state index is 12.1. The normalized spacial score (nSPS) is 17.2. The molecule has 0 radical (unpaired) electrons. The van der Waals surface area contributed by atoms with Crippen LogP contribution in [0.4, 0.5) is 11.4 Å². The minimum atomic E-state index is -4.46. The van der Waals surface area contributed by atoms with Crippen LogP contribution in [0.1, 0.15) is 13.3 Å². The molecule has 0 bridgehead atoms. The van der Waals surface area contributed by atoms with E-state index in [4.69, 9.17) is 9.47 Å². The maximum atomic E-state index is 12.1. The van der Waals surface area contributed by atoms with Gasteiger partial charge in [0.05, 0.1) is 11.4 Å². The standard InChI is InChI=1S/C33H30N2O8S2/c1-2-23(17-32-34(21-44(36,37)38)28-19-26(13-15-30(28)42-32)24-9-5-3-6-10-24)18-33-35(22-45(39,40)41)29-20-27(14-16-31(29)43-33)25-11-7-4-8-12-25/h3-20,32H,2,21-22H2,1H3,(H,36,37,38)(H,39,40,41)/b23-17+,33-18-. The van der Waals surface area contributed by atoms with Gasteiger partial charge in [-0.15, -0.1) is 0 Å². The largest absolute Gasteiger partial charge is 0.465 e. The number of rotatable bonds is 9. The van der Waals surface area contributed by atoms with Crippen LogP contribution in [0.2, 0.25) is 0 Å². The van der Waals surface area contributed by atoms with Gasteiger partial charge in [0.25, 0.3) is 20.2 Å². The lowest BCUT2D eigenvalue weighted by Crippen LogP contribution is -2.37. The molecule has 0 saturated carbocycles. The van der Waals surface area contributed by atoms with Gasteiger partial charge in [0.15, 0.2) is 17.9 Å². The third-order valence-electron chi connectivity index (χ3n) is 7.44. The van der Waals surface area contributed by atoms with E-state index >= 15 is 0 Å². The van der Waals surface area contributed by atoms with Crippen molar-refractivity contribution in [3.05, 3.63) is 121 Å². The second-order valence-corrected chi connectivity index (χ2v) is 13.4. The molecule has 12 heteroatoms. The fraction of sp³-hybridized carbons (Fsp3) is 0.152. The molecular formula is C33H30N2O8S2. The number of nitrogens with zero attached hydrogens (tertiary/aromatic N) is 2. The Morgan fingerprint density at radius 3 is 1.84 bits per heavy atom. The van der Waals surface area contributed by atoms with E-state index in [1.54, 1.807) is 30.4 Å². The van der Waals surface area contributed by atoms with E-state index in [9.17, 15) is 25.9 Å². The quantitative estimate of drug-likeness (QED) is 0.199. The Bertz CT molecular complexity index is 2010. The number of hydrogen-bond donors (Lipinski definition) is 2. The second kappa shape index (κ2) is 12.1. The zero-order valence-electron chi connectivity index (χ0n) is 24.1. The molecule has 0 spiro atoms. The van der Waals surface area contributed by atoms with Crippen molar-refractivity contribution < 1.29 is 35.4 Å². The van der Waals surface area contributed by atoms with Crippen molar-refractivity contribution in [2.24, 2.45) is 0 Å². The lowest BCUT2D eigenvalue weighted by atomic mass is 10.0. The Kier molecular flexibility index (Phi) is 8.14. The average Bonchev–Trinajstić information content (AvgIpc) is 3.51. The van der Waals surface area contributed by atoms with E-state index in [0.29, 0.717) is 34.9 Å². The van der Waals surface area contributed by atoms with Crippen LogP contribution in [-0.2, 0) is 20.2 Å². The van der Waals surface area contributed by atoms with Gasteiger partial charge in [-0.2, -0.15) is 16.8 Å². The lowest BCUT2D eigenvalue weighted by Gasteiger charge is -2.22. The first-order chi connectivity index (χ1) is 21.5. The van der Waals surface area contributed by atoms with Crippen LogP contribution in [0.3, 0.4) is 0 Å². The fourth-order valence-corrected chi connectivity index (χ4v) is 6.58. The molecule has 2 aliphatic rings. The summed E-state index contributed by atoms with van der Waals surface area (Å²) in [6.07, 6.45) is 2.83. The van der Waals surface area contributed by atoms with Crippen LogP contribution < -0.4 is 19.3 Å². The summed E-state index contributed by atoms with van der Waals surface area (Å²) >= 11 is 0. The number of benzene rings is 4. The van der Waals surface area contributed by atoms with Crippen LogP contribution in [0, 0.1) is 0 Å². The van der Waals surface area contributed by atoms with E-state index < -0.39 is 38.2 Å². The van der Waals surface area contributed by atoms with Gasteiger partial charge in [-0.3, -0.25) is 14.0 Å². The molecule has 1 atom stereocenters. The SMILES string of the molecule is CCC(/C=C1\Oc2ccc(-c3ccccc3)cc2N1CS(=O)(=O)O)=C\C1Oc2ccc(-c3ccccc3)cc2N1CS(=O)(=O)O. The molecule has 4 aromatic carbocycles. The molecule has 45 heavy (non-hydrogen) atoms. The number of anilines is 2. The summed E-state index contributed by atoms with van der Waals surface area (Å²) in [5.41, 5.74) is 5.10. The van der Waals surface area contributed by atoms with Crippen molar-refractivity contribution in [1.82, 2.24) is 0 Å². The Hall–Kier alpha value is -4.62. The first kappa shape index (κ1) is 30.4. The van der Waals surface area contributed by atoms with Gasteiger partial charge in [0.1, 0.15) is 11.6 Å². The molecule has 0 amide bonds. The maximum Gasteiger partial charge on any atom is 0.283 e. The monoisotopic (exact) mass is 646 g/mol. The van der Waals surface area contributed by atoms with Gasteiger partial charge >= 0.3 is 0 Å². The minimum absolute atomic E-state index is 0.157. The van der Waals surface area contributed by atoms with Crippen molar-refractivity contribution in [3.8, 4) is 33.8 Å². The minimum Gasteiger partial charge on any atom is -0.465 e. The van der Waals surface area contributed by atoms with Gasteiger partial charge < -0.3 is 14.4 Å². The molecule has 6 rings (SSSR count). The lowest BCUT2D eigenvalue weighted by molar-refractivity contribution is 0.275. The average molecular weight is 647 g/mol. The van der Waals surface area contributed by atoms with E-state index in [-0.39, 0.29) is 5.88 Å². The zero-order chi connectivity index (χ0) is 31.8. The summed E-state index contributed by atoms with van der Waals surface area (Å²) in [4.78, 5) is 2.81. The highest BCUT2D eigenvalue weighted by atomic mass is 32.2. The molecular weight excluding hydrogens is 617 g/mol. The highest BCUT2D eigenvalue weighted by Crippen LogP contribution is 2.43. The van der Waals surface area contributed by atoms with E-state index in [2.05, 4.69) is 0 Å². The van der Waals surface area contributed by atoms with Gasteiger partial charge in [-0.25, -0.2) is 0 Å². The molecule has 0 aliphatic carbocycles. The Balaban J connectivity index is 1.36. The number of hydrogen-bond acceptors (Lipinski definition) is 8. The van der Waals surface area contributed by atoms with Crippen molar-refractivity contribution in [2.75, 3.05) is 21.6 Å². The number of allylic oxidation sites excluding steroid dienone is 2. The van der Waals surface area contributed by atoms with Crippen molar-refractivity contribution >= 4 is 31.6 Å². The van der Waals surface area contributed by atoms with Crippen molar-refractivity contribution in [2.45, 2.75) is 19.6 Å². The molecule has 0 saturated heterocycles. The summed E-state index contributed by atoms with van der Waals surface area (Å²) in [6.45, 7) is 1.87. The van der Waals surface area contributed by atoms with Crippen molar-refractivity contribution in [3.63, 3.8) is 0 Å². The first-order valence-electron chi connectivity index (χ1n) is 14.1. The summed E-state index contributed by atoms with van der Waals surface area (Å²) in [6, 6.07) is 29.9. The second-order valence-electron chi connectivity index (χ2n) is 10.6. The number of fused-ring (bicyclic) bond motifs is 2. The number of ether oxygens (including phenoxy) is 2. The topological polar surface area (TPSA) is 134 Å². The van der Waals surface area contributed by atoms with Crippen molar-refractivity contribution in [1.29, 1.82) is 0 Å². The highest BCUT2D eigenvalue weighted by molar-refractivity contribution is 7.86. The predicted molar refractivity (Wildman–Crippen MR) is 173 cm³/mol. The molecule has 2 aliphatic heterocycles. The Morgan fingerprint density at radius 1 is 0.733 bits per heavy atom. The zero-order valence-corrected chi connectivity index (χ0v) is 25.8. The predicted octanol–water partition coefficient (Wildman–Crippen LogP) is 6.31.